The fraction of sp³-hybridized carbons (Fsp3) is 0.500. The molecule has 2 aromatic heterocycles. The number of hydrogen-bond acceptors (Lipinski definition) is 13. The number of aliphatic hydroxyl groups excluding tert-OH is 1. The van der Waals surface area contributed by atoms with E-state index in [1.807, 2.05) is 0 Å². The number of nitrogens with zero attached hydrogens (tertiary/aromatic N) is 7. The third kappa shape index (κ3) is 6.11. The van der Waals surface area contributed by atoms with Crippen LogP contribution in [0.4, 0.5) is 5.82 Å². The van der Waals surface area contributed by atoms with Crippen LogP contribution in [0, 0.1) is 0 Å². The van der Waals surface area contributed by atoms with Crippen molar-refractivity contribution in [2.75, 3.05) is 12.3 Å². The molecule has 3 rings (SSSR count). The van der Waals surface area contributed by atoms with Gasteiger partial charge in [-0.2, -0.15) is 8.62 Å². The Bertz CT molecular complexity index is 1230. The zero-order valence-corrected chi connectivity index (χ0v) is 18.5. The topological polar surface area (TPSA) is 308 Å². The normalized spacial score (nSPS) is 27.1. The van der Waals surface area contributed by atoms with Gasteiger partial charge in [0.2, 0.25) is 0 Å². The van der Waals surface area contributed by atoms with E-state index < -0.39 is 54.6 Å². The molecule has 1 aliphatic rings. The highest BCUT2D eigenvalue weighted by Crippen LogP contribution is 2.66. The van der Waals surface area contributed by atoms with E-state index in [1.54, 1.807) is 0 Å². The maximum absolute atomic E-state index is 11.9. The maximum atomic E-state index is 11.9. The lowest BCUT2D eigenvalue weighted by molar-refractivity contribution is -0.0482. The molecule has 0 bridgehead atoms. The second-order valence-corrected chi connectivity index (χ2v) is 10.6. The number of aromatic nitrogens is 4. The lowest BCUT2D eigenvalue weighted by Crippen LogP contribution is -2.32. The number of imidazole rings is 1. The number of aliphatic hydroxyl groups is 1. The molecular weight excluding hydrogens is 517 g/mol. The highest BCUT2D eigenvalue weighted by atomic mass is 31.3. The summed E-state index contributed by atoms with van der Waals surface area (Å²) in [4.78, 5) is 50.1. The van der Waals surface area contributed by atoms with Gasteiger partial charge in [0.05, 0.1) is 25.1 Å². The van der Waals surface area contributed by atoms with Crippen LogP contribution >= 0.6 is 23.5 Å². The van der Waals surface area contributed by atoms with Gasteiger partial charge in [-0.15, -0.1) is 0 Å². The summed E-state index contributed by atoms with van der Waals surface area (Å²) in [5.74, 6) is 0.0297. The second-order valence-electron chi connectivity index (χ2n) is 6.22. The number of fused-ring (bicyclic) bond motifs is 1. The minimum atomic E-state index is -5.73. The average molecular weight is 532 g/mol. The van der Waals surface area contributed by atoms with Crippen molar-refractivity contribution in [3.63, 3.8) is 0 Å². The van der Waals surface area contributed by atoms with Gasteiger partial charge in [-0.25, -0.2) is 28.6 Å². The Morgan fingerprint density at radius 1 is 1.18 bits per heavy atom. The van der Waals surface area contributed by atoms with Crippen molar-refractivity contribution in [2.24, 2.45) is 5.11 Å². The molecule has 7 N–H and O–H groups in total. The van der Waals surface area contributed by atoms with E-state index in [1.165, 1.54) is 10.9 Å². The Balaban J connectivity index is 1.78. The summed E-state index contributed by atoms with van der Waals surface area (Å²) in [7, 11) is -16.8. The van der Waals surface area contributed by atoms with Crippen LogP contribution in [0.15, 0.2) is 17.8 Å². The first-order chi connectivity index (χ1) is 15.2. The van der Waals surface area contributed by atoms with Gasteiger partial charge in [0.1, 0.15) is 17.9 Å². The summed E-state index contributed by atoms with van der Waals surface area (Å²) in [6.07, 6.45) is -1.95. The van der Waals surface area contributed by atoms with Crippen LogP contribution in [0.1, 0.15) is 6.23 Å². The average Bonchev–Trinajstić information content (AvgIpc) is 3.20. The van der Waals surface area contributed by atoms with E-state index in [2.05, 4.69) is 38.1 Å². The zero-order chi connectivity index (χ0) is 24.6. The minimum absolute atomic E-state index is 0.0297. The third-order valence-corrected chi connectivity index (χ3v) is 7.80. The number of anilines is 1. The number of azide groups is 1. The van der Waals surface area contributed by atoms with Gasteiger partial charge < -0.3 is 35.2 Å². The number of rotatable bonds is 9. The molecule has 23 heteroatoms. The van der Waals surface area contributed by atoms with Crippen molar-refractivity contribution in [3.8, 4) is 0 Å². The van der Waals surface area contributed by atoms with Crippen LogP contribution in [-0.4, -0.2) is 69.1 Å². The lowest BCUT2D eigenvalue weighted by atomic mass is 10.1. The summed E-state index contributed by atoms with van der Waals surface area (Å²) in [6, 6.07) is -1.40. The van der Waals surface area contributed by atoms with E-state index in [0.29, 0.717) is 0 Å². The molecule has 0 spiro atoms. The van der Waals surface area contributed by atoms with E-state index in [-0.39, 0.29) is 17.0 Å². The van der Waals surface area contributed by atoms with Gasteiger partial charge in [0, 0.05) is 4.91 Å². The summed E-state index contributed by atoms with van der Waals surface area (Å²) < 4.78 is 52.5. The summed E-state index contributed by atoms with van der Waals surface area (Å²) in [6.45, 7) is -0.954. The SMILES string of the molecule is [N-]=[N+]=NC1[C@@H](O)C(n2cnc3c(N)ncnc32)O[C@@H]1COP(=O)(O)OP(=O)(O)OP(=O)(O)O. The number of nitrogens with two attached hydrogens (primary N) is 1. The molecule has 3 heterocycles. The Morgan fingerprint density at radius 3 is 2.52 bits per heavy atom. The van der Waals surface area contributed by atoms with Gasteiger partial charge in [0.25, 0.3) is 0 Å². The predicted molar refractivity (Wildman–Crippen MR) is 102 cm³/mol. The molecule has 6 atom stereocenters. The molecule has 1 saturated heterocycles. The molecule has 0 saturated carbocycles. The Hall–Kier alpha value is -2.01. The fourth-order valence-electron chi connectivity index (χ4n) is 2.83. The zero-order valence-electron chi connectivity index (χ0n) is 15.8. The number of phosphoric ester groups is 1. The maximum Gasteiger partial charge on any atom is 0.490 e. The molecule has 33 heavy (non-hydrogen) atoms. The Morgan fingerprint density at radius 2 is 1.88 bits per heavy atom. The predicted octanol–water partition coefficient (Wildman–Crippen LogP) is -0.311. The van der Waals surface area contributed by atoms with Crippen molar-refractivity contribution >= 4 is 40.4 Å². The van der Waals surface area contributed by atoms with Crippen molar-refractivity contribution in [1.82, 2.24) is 19.5 Å². The van der Waals surface area contributed by atoms with Crippen molar-refractivity contribution in [3.05, 3.63) is 23.1 Å². The molecule has 0 radical (unpaired) electrons. The lowest BCUT2D eigenvalue weighted by Gasteiger charge is -2.19. The van der Waals surface area contributed by atoms with Gasteiger partial charge in [-0.1, -0.05) is 5.11 Å². The largest absolute Gasteiger partial charge is 0.490 e. The Kier molecular flexibility index (Phi) is 7.24. The molecular formula is C10H15N8O12P3. The van der Waals surface area contributed by atoms with E-state index >= 15 is 0 Å². The molecule has 4 unspecified atom stereocenters. The van der Waals surface area contributed by atoms with Crippen LogP contribution in [0.25, 0.3) is 21.6 Å². The van der Waals surface area contributed by atoms with Crippen LogP contribution in [-0.2, 0) is 31.6 Å². The minimum Gasteiger partial charge on any atom is -0.388 e. The molecule has 0 amide bonds. The van der Waals surface area contributed by atoms with E-state index in [0.717, 1.165) is 6.33 Å². The van der Waals surface area contributed by atoms with Gasteiger partial charge >= 0.3 is 23.5 Å². The number of phosphoric acid groups is 3. The molecule has 0 aliphatic carbocycles. The van der Waals surface area contributed by atoms with Crippen LogP contribution in [0.2, 0.25) is 0 Å². The highest BCUT2D eigenvalue weighted by molar-refractivity contribution is 7.66. The van der Waals surface area contributed by atoms with Crippen molar-refractivity contribution in [1.29, 1.82) is 0 Å². The van der Waals surface area contributed by atoms with Crippen molar-refractivity contribution in [2.45, 2.75) is 24.5 Å². The van der Waals surface area contributed by atoms with Crippen LogP contribution in [0.3, 0.4) is 0 Å². The van der Waals surface area contributed by atoms with E-state index in [9.17, 15) is 28.6 Å². The standard InChI is InChI=1S/C10H15N8O12P3/c11-8-6-9(14-2-13-8)18(3-15-6)10-7(19)5(16-17-12)4(28-10)1-27-32(23,24)30-33(25,26)29-31(20,21)22/h2-5,7,10,19H,1H2,(H,23,24)(H,25,26)(H2,11,13,14)(H2,20,21,22)/t4-,5?,7-,10?/m1/s1. The second kappa shape index (κ2) is 9.32. The number of hydrogen-bond donors (Lipinski definition) is 6. The quantitative estimate of drug-likeness (QED) is 0.104. The number of nitrogen functional groups attached to an aromatic ring is 1. The van der Waals surface area contributed by atoms with Crippen LogP contribution in [0.5, 0.6) is 0 Å². The number of ether oxygens (including phenoxy) is 1. The van der Waals surface area contributed by atoms with Crippen molar-refractivity contribution < 1.29 is 56.3 Å². The fourth-order valence-corrected chi connectivity index (χ4v) is 5.86. The highest BCUT2D eigenvalue weighted by Gasteiger charge is 2.47. The smallest absolute Gasteiger partial charge is 0.388 e. The molecule has 0 aromatic carbocycles. The van der Waals surface area contributed by atoms with Crippen LogP contribution < -0.4 is 5.73 Å². The Labute approximate surface area is 182 Å². The molecule has 1 fully saturated rings. The molecule has 182 valence electrons. The first-order valence-electron chi connectivity index (χ1n) is 8.32. The van der Waals surface area contributed by atoms with Gasteiger partial charge in [-0.05, 0) is 5.53 Å². The van der Waals surface area contributed by atoms with E-state index in [4.69, 9.17) is 25.8 Å². The molecule has 2 aromatic rings. The molecule has 20 nitrogen and oxygen atoms in total. The first kappa shape index (κ1) is 25.6. The first-order valence-corrected chi connectivity index (χ1v) is 12.8. The summed E-state index contributed by atoms with van der Waals surface area (Å²) >= 11 is 0. The summed E-state index contributed by atoms with van der Waals surface area (Å²) in [5, 5.41) is 13.9. The summed E-state index contributed by atoms with van der Waals surface area (Å²) in [5.41, 5.74) is 14.8. The van der Waals surface area contributed by atoms with Gasteiger partial charge in [0.15, 0.2) is 17.7 Å². The monoisotopic (exact) mass is 532 g/mol. The third-order valence-electron chi connectivity index (χ3n) is 4.00. The van der Waals surface area contributed by atoms with Gasteiger partial charge in [-0.3, -0.25) is 9.09 Å². The molecule has 1 aliphatic heterocycles.